The Morgan fingerprint density at radius 1 is 0.927 bits per heavy atom. The van der Waals surface area contributed by atoms with Crippen LogP contribution >= 0.6 is 11.6 Å². The molecule has 6 nitrogen and oxygen atoms in total. The maximum absolute atomic E-state index is 13.8. The lowest BCUT2D eigenvalue weighted by Crippen LogP contribution is -2.28. The molecular formula is C34H29ClN4O2. The summed E-state index contributed by atoms with van der Waals surface area (Å²) in [7, 11) is 3.98. The summed E-state index contributed by atoms with van der Waals surface area (Å²) < 4.78 is 0. The number of H-pyrrole nitrogens is 1. The Hall–Kier alpha value is -4.68. The zero-order chi connectivity index (χ0) is 28.5. The number of hydrogen-bond acceptors (Lipinski definition) is 4. The number of carbonyl (C=O) groups is 1. The molecule has 0 fully saturated rings. The van der Waals surface area contributed by atoms with Gasteiger partial charge in [-0.2, -0.15) is 5.10 Å². The van der Waals surface area contributed by atoms with Crippen molar-refractivity contribution in [1.82, 2.24) is 9.99 Å². The number of benzene rings is 4. The van der Waals surface area contributed by atoms with Crippen LogP contribution in [0, 0.1) is 0 Å². The number of pyridine rings is 1. The summed E-state index contributed by atoms with van der Waals surface area (Å²) >= 11 is 6.43. The number of halogens is 1. The average molecular weight is 561 g/mol. The zero-order valence-electron chi connectivity index (χ0n) is 22.8. The molecule has 1 aromatic heterocycles. The molecule has 0 saturated carbocycles. The van der Waals surface area contributed by atoms with Gasteiger partial charge in [-0.15, -0.1) is 0 Å². The lowest BCUT2D eigenvalue weighted by molar-refractivity contribution is -0.132. The molecule has 1 aliphatic heterocycles. The van der Waals surface area contributed by atoms with Gasteiger partial charge in [-0.25, -0.2) is 5.01 Å². The number of aromatic nitrogens is 1. The first-order chi connectivity index (χ1) is 19.9. The highest BCUT2D eigenvalue weighted by Gasteiger charge is 2.35. The smallest absolute Gasteiger partial charge is 0.258 e. The fraction of sp³-hybridized carbons (Fsp3) is 0.147. The van der Waals surface area contributed by atoms with Crippen LogP contribution in [-0.2, 0) is 11.2 Å². The number of nitrogens with zero attached hydrogens (tertiary/aromatic N) is 3. The zero-order valence-corrected chi connectivity index (χ0v) is 23.6. The van der Waals surface area contributed by atoms with E-state index < -0.39 is 0 Å². The second-order valence-electron chi connectivity index (χ2n) is 10.4. The van der Waals surface area contributed by atoms with Gasteiger partial charge in [0.2, 0.25) is 5.91 Å². The van der Waals surface area contributed by atoms with Crippen LogP contribution in [0.25, 0.3) is 22.0 Å². The van der Waals surface area contributed by atoms with E-state index in [9.17, 15) is 9.59 Å². The van der Waals surface area contributed by atoms with Gasteiger partial charge in [0.1, 0.15) is 0 Å². The monoisotopic (exact) mass is 560 g/mol. The van der Waals surface area contributed by atoms with E-state index in [2.05, 4.69) is 4.98 Å². The third-order valence-corrected chi connectivity index (χ3v) is 7.72. The molecule has 41 heavy (non-hydrogen) atoms. The molecule has 1 unspecified atom stereocenters. The van der Waals surface area contributed by atoms with E-state index in [0.717, 1.165) is 33.3 Å². The van der Waals surface area contributed by atoms with Crippen molar-refractivity contribution in [3.05, 3.63) is 135 Å². The lowest BCUT2D eigenvalue weighted by Gasteiger charge is -2.23. The van der Waals surface area contributed by atoms with Gasteiger partial charge in [0.05, 0.1) is 23.7 Å². The molecule has 1 N–H and O–H groups in total. The van der Waals surface area contributed by atoms with Crippen LogP contribution < -0.4 is 10.5 Å². The summed E-state index contributed by atoms with van der Waals surface area (Å²) in [5.41, 5.74) is 6.01. The lowest BCUT2D eigenvalue weighted by atomic mass is 9.91. The molecule has 0 spiro atoms. The molecule has 0 saturated heterocycles. The summed E-state index contributed by atoms with van der Waals surface area (Å²) in [6.45, 7) is 0. The van der Waals surface area contributed by atoms with Crippen molar-refractivity contribution < 1.29 is 4.79 Å². The van der Waals surface area contributed by atoms with Crippen LogP contribution in [0.4, 0.5) is 5.69 Å². The van der Waals surface area contributed by atoms with Crippen molar-refractivity contribution >= 4 is 39.8 Å². The van der Waals surface area contributed by atoms with Gasteiger partial charge in [0, 0.05) is 47.7 Å². The fourth-order valence-electron chi connectivity index (χ4n) is 5.44. The molecule has 0 aliphatic carbocycles. The number of hydrogen-bond donors (Lipinski definition) is 1. The number of nitrogens with one attached hydrogen (secondary N) is 1. The molecule has 7 heteroatoms. The predicted octanol–water partition coefficient (Wildman–Crippen LogP) is 6.83. The number of fused-ring (bicyclic) bond motifs is 1. The van der Waals surface area contributed by atoms with Crippen LogP contribution in [0.5, 0.6) is 0 Å². The number of anilines is 1. The van der Waals surface area contributed by atoms with E-state index in [1.807, 2.05) is 116 Å². The van der Waals surface area contributed by atoms with Crippen LogP contribution in [0.3, 0.4) is 0 Å². The molecule has 5 aromatic rings. The molecule has 1 amide bonds. The number of aromatic amines is 1. The van der Waals surface area contributed by atoms with Crippen molar-refractivity contribution in [3.63, 3.8) is 0 Å². The van der Waals surface area contributed by atoms with Crippen molar-refractivity contribution in [3.8, 4) is 11.1 Å². The Kier molecular flexibility index (Phi) is 7.16. The fourth-order valence-corrected chi connectivity index (χ4v) is 5.61. The first-order valence-corrected chi connectivity index (χ1v) is 13.9. The first kappa shape index (κ1) is 26.5. The Bertz CT molecular complexity index is 1810. The largest absolute Gasteiger partial charge is 0.378 e. The maximum Gasteiger partial charge on any atom is 0.258 e. The van der Waals surface area contributed by atoms with Crippen molar-refractivity contribution in [2.24, 2.45) is 5.10 Å². The highest BCUT2D eigenvalue weighted by Crippen LogP contribution is 2.38. The summed E-state index contributed by atoms with van der Waals surface area (Å²) in [5.74, 6) is -0.130. The minimum absolute atomic E-state index is 0.130. The Morgan fingerprint density at radius 2 is 1.61 bits per heavy atom. The Labute approximate surface area is 243 Å². The molecule has 4 aromatic carbocycles. The number of rotatable bonds is 6. The van der Waals surface area contributed by atoms with Crippen molar-refractivity contribution in [2.75, 3.05) is 19.0 Å². The topological polar surface area (TPSA) is 68.8 Å². The van der Waals surface area contributed by atoms with Gasteiger partial charge >= 0.3 is 0 Å². The van der Waals surface area contributed by atoms with Gasteiger partial charge in [-0.05, 0) is 47.0 Å². The number of hydrazone groups is 1. The second-order valence-corrected chi connectivity index (χ2v) is 10.8. The van der Waals surface area contributed by atoms with E-state index in [1.165, 1.54) is 0 Å². The molecular weight excluding hydrogens is 532 g/mol. The summed E-state index contributed by atoms with van der Waals surface area (Å²) in [6, 6.07) is 32.6. The normalized spacial score (nSPS) is 14.8. The molecule has 0 radical (unpaired) electrons. The average Bonchev–Trinajstić information content (AvgIpc) is 3.43. The first-order valence-electron chi connectivity index (χ1n) is 13.5. The van der Waals surface area contributed by atoms with E-state index in [0.29, 0.717) is 28.2 Å². The second kappa shape index (κ2) is 11.1. The van der Waals surface area contributed by atoms with Gasteiger partial charge in [0.25, 0.3) is 5.56 Å². The highest BCUT2D eigenvalue weighted by atomic mass is 35.5. The molecule has 6 rings (SSSR count). The minimum atomic E-state index is -0.351. The van der Waals surface area contributed by atoms with Crippen molar-refractivity contribution in [1.29, 1.82) is 0 Å². The van der Waals surface area contributed by atoms with Crippen molar-refractivity contribution in [2.45, 2.75) is 18.9 Å². The van der Waals surface area contributed by atoms with Crippen LogP contribution in [0.15, 0.2) is 113 Å². The molecule has 1 aliphatic rings. The number of carbonyl (C=O) groups excluding carboxylic acids is 1. The van der Waals surface area contributed by atoms with E-state index in [4.69, 9.17) is 16.7 Å². The maximum atomic E-state index is 13.8. The van der Waals surface area contributed by atoms with Gasteiger partial charge in [-0.3, -0.25) is 9.59 Å². The van der Waals surface area contributed by atoms with Gasteiger partial charge in [-0.1, -0.05) is 84.4 Å². The molecule has 0 bridgehead atoms. The number of amides is 1. The highest BCUT2D eigenvalue weighted by molar-refractivity contribution is 6.31. The summed E-state index contributed by atoms with van der Waals surface area (Å²) in [6.07, 6.45) is 0.607. The predicted molar refractivity (Wildman–Crippen MR) is 167 cm³/mol. The van der Waals surface area contributed by atoms with E-state index in [1.54, 1.807) is 11.1 Å². The van der Waals surface area contributed by atoms with Gasteiger partial charge < -0.3 is 9.88 Å². The minimum Gasteiger partial charge on any atom is -0.378 e. The quantitative estimate of drug-likeness (QED) is 0.247. The SMILES string of the molecule is CN(C)c1ccc(C2CC(c3c(-c4ccccc4)c4cc(Cl)ccc4[nH]c3=O)=NN2C(=O)Cc2ccccc2)cc1. The third kappa shape index (κ3) is 5.26. The molecule has 2 heterocycles. The van der Waals surface area contributed by atoms with Gasteiger partial charge in [0.15, 0.2) is 0 Å². The standard InChI is InChI=1S/C34H29ClN4O2/c1-38(2)26-16-13-23(14-17-26)30-21-29(37-39(30)31(40)19-22-9-5-3-6-10-22)33-32(24-11-7-4-8-12-24)27-20-25(35)15-18-28(27)36-34(33)41/h3-18,20,30H,19,21H2,1-2H3,(H,36,41). The van der Waals surface area contributed by atoms with E-state index in [-0.39, 0.29) is 23.9 Å². The Morgan fingerprint density at radius 3 is 2.29 bits per heavy atom. The molecule has 1 atom stereocenters. The molecule has 204 valence electrons. The van der Waals surface area contributed by atoms with Crippen LogP contribution in [-0.4, -0.2) is 35.7 Å². The Balaban J connectivity index is 1.51. The third-order valence-electron chi connectivity index (χ3n) is 7.49. The van der Waals surface area contributed by atoms with Crippen LogP contribution in [0.1, 0.15) is 29.2 Å². The van der Waals surface area contributed by atoms with E-state index >= 15 is 0 Å². The summed E-state index contributed by atoms with van der Waals surface area (Å²) in [4.78, 5) is 32.6. The van der Waals surface area contributed by atoms with Crippen LogP contribution in [0.2, 0.25) is 5.02 Å². The summed E-state index contributed by atoms with van der Waals surface area (Å²) in [5, 5.41) is 7.83.